The number of hydrogen-bond acceptors (Lipinski definition) is 15. The van der Waals surface area contributed by atoms with E-state index in [0.717, 1.165) is 12.1 Å². The lowest BCUT2D eigenvalue weighted by Crippen LogP contribution is -2.60. The van der Waals surface area contributed by atoms with Crippen LogP contribution < -0.4 is 5.43 Å². The molecule has 2 saturated heterocycles. The Morgan fingerprint density at radius 3 is 2.05 bits per heavy atom. The smallest absolute Gasteiger partial charge is 0.197 e. The number of rotatable bonds is 6. The molecule has 0 aliphatic carbocycles. The maximum absolute atomic E-state index is 13.0. The van der Waals surface area contributed by atoms with Crippen LogP contribution in [-0.4, -0.2) is 119 Å². The normalized spacial score (nSPS) is 33.6. The molecule has 15 nitrogen and oxygen atoms in total. The number of aliphatic hydroxyl groups is 7. The Morgan fingerprint density at radius 1 is 0.738 bits per heavy atom. The molecular formula is C27H30O15. The number of benzene rings is 2. The highest BCUT2D eigenvalue weighted by Crippen LogP contribution is 2.44. The van der Waals surface area contributed by atoms with Crippen molar-refractivity contribution in [1.82, 2.24) is 0 Å². The lowest BCUT2D eigenvalue weighted by molar-refractivity contribution is -0.314. The lowest BCUT2D eigenvalue weighted by Gasteiger charge is -2.43. The fourth-order valence-electron chi connectivity index (χ4n) is 5.09. The molecule has 0 amide bonds. The maximum atomic E-state index is 13.0. The first-order chi connectivity index (χ1) is 19.9. The van der Waals surface area contributed by atoms with Crippen LogP contribution >= 0.6 is 0 Å². The number of aromatic hydroxyl groups is 3. The molecule has 5 rings (SSSR count). The van der Waals surface area contributed by atoms with Crippen LogP contribution in [0.1, 0.15) is 11.7 Å². The van der Waals surface area contributed by atoms with Gasteiger partial charge in [-0.15, -0.1) is 0 Å². The van der Waals surface area contributed by atoms with Crippen LogP contribution in [-0.2, 0) is 14.2 Å². The lowest BCUT2D eigenvalue weighted by atomic mass is 9.89. The summed E-state index contributed by atoms with van der Waals surface area (Å²) < 4.78 is 22.4. The Hall–Kier alpha value is -3.35. The SMILES string of the molecule is O=c1cc(-c2ccc(O)cc2)oc2c([C@@H]3OC(CO[C@@H]4OC(CO)[C@@H](O)[C@H](O)C4O)[C@H](O)[C@H](O)C3O)c(O)cc(O)c12. The van der Waals surface area contributed by atoms with Crippen molar-refractivity contribution in [2.24, 2.45) is 0 Å². The molecule has 2 aliphatic heterocycles. The zero-order chi connectivity index (χ0) is 30.5. The highest BCUT2D eigenvalue weighted by atomic mass is 16.7. The van der Waals surface area contributed by atoms with E-state index in [-0.39, 0.29) is 22.5 Å². The third-order valence-electron chi connectivity index (χ3n) is 7.42. The second-order valence-electron chi connectivity index (χ2n) is 10.2. The molecule has 3 heterocycles. The average molecular weight is 595 g/mol. The van der Waals surface area contributed by atoms with Gasteiger partial charge in [0.25, 0.3) is 0 Å². The molecule has 15 heteroatoms. The summed E-state index contributed by atoms with van der Waals surface area (Å²) in [5, 5.41) is 102. The summed E-state index contributed by atoms with van der Waals surface area (Å²) in [5.74, 6) is -1.42. The summed E-state index contributed by atoms with van der Waals surface area (Å²) in [7, 11) is 0. The van der Waals surface area contributed by atoms with Crippen LogP contribution in [0.25, 0.3) is 22.3 Å². The van der Waals surface area contributed by atoms with E-state index >= 15 is 0 Å². The van der Waals surface area contributed by atoms with E-state index in [4.69, 9.17) is 18.6 Å². The Balaban J connectivity index is 1.50. The van der Waals surface area contributed by atoms with Crippen molar-refractivity contribution in [3.63, 3.8) is 0 Å². The second kappa shape index (κ2) is 11.7. The van der Waals surface area contributed by atoms with Gasteiger partial charge >= 0.3 is 0 Å². The molecule has 4 unspecified atom stereocenters. The van der Waals surface area contributed by atoms with Crippen LogP contribution in [0.5, 0.6) is 17.2 Å². The Kier molecular flexibility index (Phi) is 8.41. The third-order valence-corrected chi connectivity index (χ3v) is 7.42. The fraction of sp³-hybridized carbons (Fsp3) is 0.444. The van der Waals surface area contributed by atoms with Crippen LogP contribution in [0.2, 0.25) is 0 Å². The first-order valence-corrected chi connectivity index (χ1v) is 12.9. The van der Waals surface area contributed by atoms with E-state index in [1.165, 1.54) is 24.3 Å². The molecule has 0 saturated carbocycles. The molecule has 2 aromatic carbocycles. The number of phenols is 3. The average Bonchev–Trinajstić information content (AvgIpc) is 2.96. The predicted molar refractivity (Wildman–Crippen MR) is 138 cm³/mol. The molecule has 2 fully saturated rings. The maximum Gasteiger partial charge on any atom is 0.197 e. The molecule has 42 heavy (non-hydrogen) atoms. The molecule has 10 N–H and O–H groups in total. The summed E-state index contributed by atoms with van der Waals surface area (Å²) in [6.45, 7) is -1.35. The number of fused-ring (bicyclic) bond motifs is 1. The van der Waals surface area contributed by atoms with Crippen molar-refractivity contribution in [2.45, 2.75) is 61.2 Å². The van der Waals surface area contributed by atoms with Gasteiger partial charge in [-0.05, 0) is 24.3 Å². The van der Waals surface area contributed by atoms with Crippen molar-refractivity contribution in [2.75, 3.05) is 13.2 Å². The highest BCUT2D eigenvalue weighted by Gasteiger charge is 2.48. The molecular weight excluding hydrogens is 564 g/mol. The van der Waals surface area contributed by atoms with Gasteiger partial charge in [0.05, 0.1) is 18.8 Å². The second-order valence-corrected chi connectivity index (χ2v) is 10.2. The van der Waals surface area contributed by atoms with E-state index in [0.29, 0.717) is 5.56 Å². The highest BCUT2D eigenvalue weighted by molar-refractivity contribution is 5.89. The van der Waals surface area contributed by atoms with Gasteiger partial charge in [-0.1, -0.05) is 0 Å². The zero-order valence-corrected chi connectivity index (χ0v) is 21.7. The summed E-state index contributed by atoms with van der Waals surface area (Å²) >= 11 is 0. The Labute approximate surface area is 236 Å². The van der Waals surface area contributed by atoms with E-state index in [2.05, 4.69) is 0 Å². The van der Waals surface area contributed by atoms with Crippen LogP contribution in [0.3, 0.4) is 0 Å². The summed E-state index contributed by atoms with van der Waals surface area (Å²) in [6, 6.07) is 7.46. The molecule has 2 aliphatic rings. The van der Waals surface area contributed by atoms with Crippen molar-refractivity contribution in [3.05, 3.63) is 52.2 Å². The predicted octanol–water partition coefficient (Wildman–Crippen LogP) is -2.08. The Bertz CT molecular complexity index is 1470. The van der Waals surface area contributed by atoms with E-state index in [9.17, 15) is 55.9 Å². The van der Waals surface area contributed by atoms with Gasteiger partial charge in [0, 0.05) is 17.7 Å². The first kappa shape index (κ1) is 30.1. The topological polar surface area (TPSA) is 260 Å². The molecule has 0 spiro atoms. The minimum Gasteiger partial charge on any atom is -0.508 e. The van der Waals surface area contributed by atoms with Crippen LogP contribution in [0.15, 0.2) is 45.6 Å². The van der Waals surface area contributed by atoms with Crippen molar-refractivity contribution < 1.29 is 69.7 Å². The Morgan fingerprint density at radius 2 is 1.38 bits per heavy atom. The molecule has 0 bridgehead atoms. The number of hydrogen-bond donors (Lipinski definition) is 10. The minimum atomic E-state index is -1.90. The van der Waals surface area contributed by atoms with Crippen LogP contribution in [0, 0.1) is 0 Å². The minimum absolute atomic E-state index is 0.0351. The molecule has 228 valence electrons. The van der Waals surface area contributed by atoms with Gasteiger partial charge < -0.3 is 69.7 Å². The number of ether oxygens (including phenoxy) is 3. The quantitative estimate of drug-likeness (QED) is 0.147. The third kappa shape index (κ3) is 5.31. The molecule has 3 aromatic rings. The fourth-order valence-corrected chi connectivity index (χ4v) is 5.09. The largest absolute Gasteiger partial charge is 0.508 e. The number of phenolic OH excluding ortho intramolecular Hbond substituents is 3. The van der Waals surface area contributed by atoms with Crippen LogP contribution in [0.4, 0.5) is 0 Å². The standard InChI is InChI=1S/C27H30O15/c28-7-15-19(33)22(36)24(38)27(42-15)39-8-16-20(34)21(35)23(37)26(41-16)18-12(31)5-11(30)17-13(32)6-14(40-25(17)18)9-1-3-10(29)4-2-9/h1-6,15-16,19-24,26-31,33-38H,7-8H2/t15?,16?,19-,20+,21+,22+,23?,24?,26+,27-/m1/s1. The van der Waals surface area contributed by atoms with E-state index in [1.54, 1.807) is 0 Å². The first-order valence-electron chi connectivity index (χ1n) is 12.9. The zero-order valence-electron chi connectivity index (χ0n) is 21.7. The van der Waals surface area contributed by atoms with Gasteiger partial charge in [-0.3, -0.25) is 4.79 Å². The van der Waals surface area contributed by atoms with Gasteiger partial charge in [-0.25, -0.2) is 0 Å². The van der Waals surface area contributed by atoms with Crippen molar-refractivity contribution in [1.29, 1.82) is 0 Å². The summed E-state index contributed by atoms with van der Waals surface area (Å²) in [4.78, 5) is 13.0. The molecule has 0 radical (unpaired) electrons. The van der Waals surface area contributed by atoms with Gasteiger partial charge in [-0.2, -0.15) is 0 Å². The van der Waals surface area contributed by atoms with Crippen molar-refractivity contribution >= 4 is 11.0 Å². The van der Waals surface area contributed by atoms with E-state index < -0.39 is 97.0 Å². The molecule has 10 atom stereocenters. The molecule has 1 aromatic heterocycles. The number of aliphatic hydroxyl groups excluding tert-OH is 7. The van der Waals surface area contributed by atoms with Gasteiger partial charge in [0.15, 0.2) is 17.3 Å². The summed E-state index contributed by atoms with van der Waals surface area (Å²) in [6.07, 6.45) is -16.8. The summed E-state index contributed by atoms with van der Waals surface area (Å²) in [5.41, 5.74) is -1.14. The van der Waals surface area contributed by atoms with Crippen molar-refractivity contribution in [3.8, 4) is 28.6 Å². The van der Waals surface area contributed by atoms with Gasteiger partial charge in [0.1, 0.15) is 83.3 Å². The van der Waals surface area contributed by atoms with Gasteiger partial charge in [0.2, 0.25) is 0 Å². The van der Waals surface area contributed by atoms with E-state index in [1.807, 2.05) is 0 Å². The monoisotopic (exact) mass is 594 g/mol.